The first-order valence-corrected chi connectivity index (χ1v) is 14.4. The number of carbonyl (C=O) groups is 1. The first-order valence-electron chi connectivity index (χ1n) is 8.87. The van der Waals surface area contributed by atoms with Gasteiger partial charge in [0.15, 0.2) is 5.78 Å². The van der Waals surface area contributed by atoms with E-state index < -0.39 is 5.25 Å². The molecule has 0 saturated carbocycles. The Labute approximate surface area is 205 Å². The molecule has 0 saturated heterocycles. The lowest BCUT2D eigenvalue weighted by atomic mass is 10.0. The molecule has 0 spiro atoms. The molecule has 9 heteroatoms. The van der Waals surface area contributed by atoms with Crippen molar-refractivity contribution in [1.29, 1.82) is 1.43 Å². The van der Waals surface area contributed by atoms with Gasteiger partial charge in [-0.2, -0.15) is 0 Å². The van der Waals surface area contributed by atoms with E-state index in [1.165, 1.54) is 12.1 Å². The first kappa shape index (κ1) is 23.3. The fourth-order valence-corrected chi connectivity index (χ4v) is 4.16. The number of rotatable bonds is 6. The Morgan fingerprint density at radius 2 is 1.70 bits per heavy atom. The van der Waals surface area contributed by atoms with Crippen LogP contribution in [-0.2, 0) is 11.8 Å². The molecule has 30 heavy (non-hydrogen) atoms. The minimum absolute atomic E-state index is 0.00428. The average Bonchev–Trinajstić information content (AvgIpc) is 2.74. The smallest absolute Gasteiger partial charge is 0.293 e. The highest BCUT2D eigenvalue weighted by atomic mass is 127. The van der Waals surface area contributed by atoms with Gasteiger partial charge in [0.25, 0.3) is 1.43 Å². The van der Waals surface area contributed by atoms with Gasteiger partial charge in [-0.05, 0) is 100 Å². The van der Waals surface area contributed by atoms with Gasteiger partial charge in [0.1, 0.15) is 17.2 Å². The Morgan fingerprint density at radius 1 is 1.13 bits per heavy atom. The van der Waals surface area contributed by atoms with Crippen LogP contribution in [0.15, 0.2) is 65.6 Å². The van der Waals surface area contributed by atoms with Crippen LogP contribution in [0.2, 0.25) is 5.02 Å². The maximum Gasteiger partial charge on any atom is 0.293 e. The molecule has 0 heterocycles. The highest BCUT2D eigenvalue weighted by molar-refractivity contribution is 14.2. The van der Waals surface area contributed by atoms with Crippen molar-refractivity contribution in [2.24, 2.45) is 0 Å². The predicted molar refractivity (Wildman–Crippen MR) is 135 cm³/mol. The third-order valence-corrected chi connectivity index (χ3v) is 5.77. The minimum Gasteiger partial charge on any atom is -0.508 e. The molecule has 0 aromatic heterocycles. The Bertz CT molecular complexity index is 1030. The topological polar surface area (TPSA) is 77.8 Å². The maximum absolute atomic E-state index is 13.2. The highest BCUT2D eigenvalue weighted by Gasteiger charge is 2.26. The number of thioether (sulfide) groups is 1. The first-order chi connectivity index (χ1) is 14.8. The van der Waals surface area contributed by atoms with E-state index in [0.29, 0.717) is 26.8 Å². The van der Waals surface area contributed by atoms with E-state index in [1.54, 1.807) is 48.5 Å². The minimum atomic E-state index is -0.699. The fraction of sp³-hybridized carbons (Fsp3) is 0.0952. The molecule has 0 bridgehead atoms. The van der Waals surface area contributed by atoms with Crippen molar-refractivity contribution in [2.75, 3.05) is 0 Å². The van der Waals surface area contributed by atoms with E-state index in [-0.39, 0.29) is 17.3 Å². The number of halogens is 2. The Balaban J connectivity index is 0.00000107. The van der Waals surface area contributed by atoms with Gasteiger partial charge in [0.2, 0.25) is 0 Å². The van der Waals surface area contributed by atoms with E-state index >= 15 is 0 Å². The molecule has 3 rings (SSSR count). The molecule has 3 aromatic carbocycles. The van der Waals surface area contributed by atoms with Gasteiger partial charge in [0, 0.05) is 10.6 Å². The SMILES string of the molecule is S=PI.[3H]Oc1ccc(C(Sc2c(O)cc(C)cc2Cl)C(=O)c2ccc(O)cc2)cc1. The van der Waals surface area contributed by atoms with Gasteiger partial charge in [-0.15, -0.1) is 11.8 Å². The number of Topliss-reactive ketones (excluding diaryl/α,β-unsaturated/α-hetero) is 1. The van der Waals surface area contributed by atoms with Crippen molar-refractivity contribution in [3.8, 4) is 17.2 Å². The van der Waals surface area contributed by atoms with Crippen LogP contribution < -0.4 is 0 Å². The Kier molecular flexibility index (Phi) is 9.21. The molecule has 0 radical (unpaired) electrons. The van der Waals surface area contributed by atoms with Crippen molar-refractivity contribution in [3.63, 3.8) is 0 Å². The van der Waals surface area contributed by atoms with Crippen molar-refractivity contribution in [3.05, 3.63) is 82.4 Å². The third kappa shape index (κ3) is 6.82. The van der Waals surface area contributed by atoms with E-state index in [4.69, 9.17) is 13.0 Å². The number of ketones is 1. The molecule has 4 nitrogen and oxygen atoms in total. The number of hydrogen-bond donors (Lipinski definition) is 3. The molecule has 3 aromatic rings. The van der Waals surface area contributed by atoms with Crippen molar-refractivity contribution in [1.82, 2.24) is 0 Å². The third-order valence-electron chi connectivity index (χ3n) is 3.98. The molecule has 156 valence electrons. The van der Waals surface area contributed by atoms with E-state index in [2.05, 4.69) is 39.0 Å². The molecular weight excluding hydrogens is 574 g/mol. The van der Waals surface area contributed by atoms with E-state index in [0.717, 1.165) is 22.3 Å². The van der Waals surface area contributed by atoms with Crippen LogP contribution in [-0.4, -0.2) is 22.5 Å². The Hall–Kier alpha value is -1.38. The van der Waals surface area contributed by atoms with E-state index in [1.807, 2.05) is 6.92 Å². The van der Waals surface area contributed by atoms with Crippen LogP contribution in [0.25, 0.3) is 0 Å². The number of phenolic OH excluding ortho intramolecular Hbond substituents is 3. The number of hydrogen-bond acceptors (Lipinski definition) is 6. The molecule has 0 aliphatic rings. The van der Waals surface area contributed by atoms with Gasteiger partial charge in [-0.1, -0.05) is 23.7 Å². The molecule has 3 N–H and O–H groups in total. The second kappa shape index (κ2) is 11.9. The normalized spacial score (nSPS) is 11.8. The zero-order valence-electron chi connectivity index (χ0n) is 16.6. The number of carbonyl (C=O) groups excluding carboxylic acids is 1. The zero-order chi connectivity index (χ0) is 23.0. The summed E-state index contributed by atoms with van der Waals surface area (Å²) >= 11 is 13.9. The van der Waals surface area contributed by atoms with Gasteiger partial charge in [-0.3, -0.25) is 4.79 Å². The van der Waals surface area contributed by atoms with Crippen molar-refractivity contribution < 1.29 is 20.1 Å². The lowest BCUT2D eigenvalue weighted by molar-refractivity contribution is 0.0989. The molecule has 0 fully saturated rings. The lowest BCUT2D eigenvalue weighted by Crippen LogP contribution is -2.10. The summed E-state index contributed by atoms with van der Waals surface area (Å²) in [6.07, 6.45) is 0. The van der Waals surface area contributed by atoms with Crippen LogP contribution in [0, 0.1) is 6.92 Å². The van der Waals surface area contributed by atoms with Crippen LogP contribution in [0.5, 0.6) is 17.2 Å². The molecule has 1 unspecified atom stereocenters. The number of benzene rings is 3. The molecule has 0 amide bonds. The number of aromatic hydroxyl groups is 3. The maximum atomic E-state index is 13.2. The van der Waals surface area contributed by atoms with Gasteiger partial charge in [0.05, 0.1) is 15.2 Å². The summed E-state index contributed by atoms with van der Waals surface area (Å²) < 4.78 is 6.97. The van der Waals surface area contributed by atoms with Crippen molar-refractivity contribution >= 4 is 68.0 Å². The lowest BCUT2D eigenvalue weighted by Gasteiger charge is -2.18. The summed E-state index contributed by atoms with van der Waals surface area (Å²) in [6.45, 7) is 1.82. The molecular formula is C21H17ClIO4PS2. The summed E-state index contributed by atoms with van der Waals surface area (Å²) in [5, 5.41) is 23.9. The van der Waals surface area contributed by atoms with E-state index in [9.17, 15) is 15.0 Å². The van der Waals surface area contributed by atoms with Crippen LogP contribution in [0.4, 0.5) is 0 Å². The number of phenols is 3. The van der Waals surface area contributed by atoms with Crippen LogP contribution in [0.1, 0.15) is 26.7 Å². The van der Waals surface area contributed by atoms with Gasteiger partial charge < -0.3 is 15.3 Å². The average molecular weight is 593 g/mol. The molecule has 0 aliphatic heterocycles. The number of aryl methyl sites for hydroxylation is 1. The standard InChI is InChI=1S/C21H17ClO4S.IPS/c1-12-10-17(22)21(18(25)11-12)27-20(14-4-8-16(24)9-5-14)19(26)13-2-6-15(23)7-3-13;1-2-3/h2-11,20,23-25H,1H3;/i/hT. The molecule has 0 aliphatic carbocycles. The Morgan fingerprint density at radius 3 is 2.23 bits per heavy atom. The summed E-state index contributed by atoms with van der Waals surface area (Å²) in [6, 6.07) is 15.9. The molecule has 1 atom stereocenters. The summed E-state index contributed by atoms with van der Waals surface area (Å²) in [5.74, 6) is 0.211. The zero-order valence-corrected chi connectivity index (χ0v) is 21.0. The quantitative estimate of drug-likeness (QED) is 0.121. The predicted octanol–water partition coefficient (Wildman–Crippen LogP) is 7.23. The monoisotopic (exact) mass is 592 g/mol. The van der Waals surface area contributed by atoms with Crippen molar-refractivity contribution in [2.45, 2.75) is 17.1 Å². The second-order valence-corrected chi connectivity index (χ2v) is 11.8. The largest absolute Gasteiger partial charge is 0.508 e. The summed E-state index contributed by atoms with van der Waals surface area (Å²) in [4.78, 5) is 14.6. The highest BCUT2D eigenvalue weighted by Crippen LogP contribution is 2.45. The van der Waals surface area contributed by atoms with Gasteiger partial charge >= 0.3 is 0 Å². The summed E-state index contributed by atoms with van der Waals surface area (Å²) in [5.41, 5.74) is 1.89. The van der Waals surface area contributed by atoms with Crippen LogP contribution in [0.3, 0.4) is 0 Å². The van der Waals surface area contributed by atoms with Gasteiger partial charge in [-0.25, -0.2) is 0 Å². The second-order valence-electron chi connectivity index (χ2n) is 6.14. The fourth-order valence-electron chi connectivity index (χ4n) is 2.64. The van der Waals surface area contributed by atoms with Crippen LogP contribution >= 0.6 is 50.4 Å². The summed E-state index contributed by atoms with van der Waals surface area (Å²) in [7, 11) is 0.